The Morgan fingerprint density at radius 1 is 1.47 bits per heavy atom. The van der Waals surface area contributed by atoms with Gasteiger partial charge in [-0.3, -0.25) is 0 Å². The molecule has 0 bridgehead atoms. The Labute approximate surface area is 95.3 Å². The summed E-state index contributed by atoms with van der Waals surface area (Å²) >= 11 is 5.95. The number of anilines is 1. The summed E-state index contributed by atoms with van der Waals surface area (Å²) in [6.45, 7) is 5.24. The molecule has 1 aliphatic rings. The zero-order valence-corrected chi connectivity index (χ0v) is 9.88. The van der Waals surface area contributed by atoms with Crippen molar-refractivity contribution in [1.29, 1.82) is 0 Å². The smallest absolute Gasteiger partial charge is 0.135 e. The van der Waals surface area contributed by atoms with Crippen molar-refractivity contribution < 1.29 is 0 Å². The number of nitrogens with one attached hydrogen (secondary N) is 1. The SMILES string of the molecule is CC(C)CNc1cc(Cl)nc(C2CC2)n1. The van der Waals surface area contributed by atoms with E-state index in [-0.39, 0.29) is 0 Å². The van der Waals surface area contributed by atoms with E-state index in [9.17, 15) is 0 Å². The lowest BCUT2D eigenvalue weighted by Gasteiger charge is -2.09. The highest BCUT2D eigenvalue weighted by molar-refractivity contribution is 6.29. The first kappa shape index (κ1) is 10.7. The van der Waals surface area contributed by atoms with Gasteiger partial charge in [-0.25, -0.2) is 9.97 Å². The van der Waals surface area contributed by atoms with E-state index in [4.69, 9.17) is 11.6 Å². The van der Waals surface area contributed by atoms with Crippen LogP contribution in [0.4, 0.5) is 5.82 Å². The topological polar surface area (TPSA) is 37.8 Å². The first-order valence-electron chi connectivity index (χ1n) is 5.43. The molecule has 1 aromatic heterocycles. The highest BCUT2D eigenvalue weighted by atomic mass is 35.5. The van der Waals surface area contributed by atoms with Crippen molar-refractivity contribution in [2.45, 2.75) is 32.6 Å². The molecule has 1 saturated carbocycles. The molecule has 1 fully saturated rings. The van der Waals surface area contributed by atoms with Crippen molar-refractivity contribution in [3.05, 3.63) is 17.0 Å². The zero-order chi connectivity index (χ0) is 10.8. The zero-order valence-electron chi connectivity index (χ0n) is 9.13. The summed E-state index contributed by atoms with van der Waals surface area (Å²) in [5.74, 6) is 2.89. The van der Waals surface area contributed by atoms with Crippen LogP contribution in [0.2, 0.25) is 5.15 Å². The van der Waals surface area contributed by atoms with E-state index in [1.54, 1.807) is 6.07 Å². The van der Waals surface area contributed by atoms with Gasteiger partial charge in [0.1, 0.15) is 16.8 Å². The Kier molecular flexibility index (Phi) is 3.10. The monoisotopic (exact) mass is 225 g/mol. The van der Waals surface area contributed by atoms with E-state index >= 15 is 0 Å². The molecular weight excluding hydrogens is 210 g/mol. The molecule has 3 nitrogen and oxygen atoms in total. The fourth-order valence-electron chi connectivity index (χ4n) is 1.36. The number of halogens is 1. The van der Waals surface area contributed by atoms with Crippen LogP contribution in [0, 0.1) is 5.92 Å². The Morgan fingerprint density at radius 2 is 2.20 bits per heavy atom. The highest BCUT2D eigenvalue weighted by Gasteiger charge is 2.27. The molecule has 82 valence electrons. The molecule has 15 heavy (non-hydrogen) atoms. The Morgan fingerprint density at radius 3 is 2.80 bits per heavy atom. The Bertz CT molecular complexity index is 348. The molecule has 1 aliphatic carbocycles. The average Bonchev–Trinajstić information content (AvgIpc) is 2.97. The molecule has 2 rings (SSSR count). The van der Waals surface area contributed by atoms with Crippen molar-refractivity contribution in [3.63, 3.8) is 0 Å². The Balaban J connectivity index is 2.09. The number of rotatable bonds is 4. The predicted octanol–water partition coefficient (Wildman–Crippen LogP) is 3.08. The predicted molar refractivity (Wildman–Crippen MR) is 62.3 cm³/mol. The van der Waals surface area contributed by atoms with Gasteiger partial charge in [0.25, 0.3) is 0 Å². The van der Waals surface area contributed by atoms with E-state index in [1.807, 2.05) is 0 Å². The van der Waals surface area contributed by atoms with Crippen LogP contribution in [-0.2, 0) is 0 Å². The number of hydrogen-bond donors (Lipinski definition) is 1. The van der Waals surface area contributed by atoms with E-state index in [0.29, 0.717) is 17.0 Å². The lowest BCUT2D eigenvalue weighted by molar-refractivity contribution is 0.686. The third-order valence-corrected chi connectivity index (χ3v) is 2.54. The Hall–Kier alpha value is -0.830. The van der Waals surface area contributed by atoms with Crippen LogP contribution >= 0.6 is 11.6 Å². The summed E-state index contributed by atoms with van der Waals surface area (Å²) in [5.41, 5.74) is 0. The molecule has 0 amide bonds. The van der Waals surface area contributed by atoms with Crippen molar-refractivity contribution >= 4 is 17.4 Å². The molecule has 1 N–H and O–H groups in total. The van der Waals surface area contributed by atoms with Crippen molar-refractivity contribution in [2.75, 3.05) is 11.9 Å². The quantitative estimate of drug-likeness (QED) is 0.801. The van der Waals surface area contributed by atoms with Gasteiger partial charge >= 0.3 is 0 Å². The van der Waals surface area contributed by atoms with E-state index in [1.165, 1.54) is 12.8 Å². The molecule has 1 heterocycles. The molecule has 1 aromatic rings. The summed E-state index contributed by atoms with van der Waals surface area (Å²) in [6.07, 6.45) is 2.40. The van der Waals surface area contributed by atoms with Gasteiger partial charge < -0.3 is 5.32 Å². The third-order valence-electron chi connectivity index (χ3n) is 2.35. The fraction of sp³-hybridized carbons (Fsp3) is 0.636. The number of aromatic nitrogens is 2. The van der Waals surface area contributed by atoms with Gasteiger partial charge in [-0.05, 0) is 18.8 Å². The van der Waals surface area contributed by atoms with Crippen LogP contribution in [0.1, 0.15) is 38.4 Å². The van der Waals surface area contributed by atoms with E-state index in [2.05, 4.69) is 29.1 Å². The lowest BCUT2D eigenvalue weighted by Crippen LogP contribution is -2.10. The lowest BCUT2D eigenvalue weighted by atomic mass is 10.2. The summed E-state index contributed by atoms with van der Waals surface area (Å²) in [4.78, 5) is 8.70. The van der Waals surface area contributed by atoms with E-state index < -0.39 is 0 Å². The molecule has 0 radical (unpaired) electrons. The molecule has 0 aliphatic heterocycles. The van der Waals surface area contributed by atoms with Gasteiger partial charge in [-0.15, -0.1) is 0 Å². The first-order chi connectivity index (χ1) is 7.15. The summed E-state index contributed by atoms with van der Waals surface area (Å²) < 4.78 is 0. The maximum atomic E-state index is 5.95. The second-order valence-corrected chi connectivity index (χ2v) is 4.87. The van der Waals surface area contributed by atoms with Crippen LogP contribution in [0.25, 0.3) is 0 Å². The molecule has 0 unspecified atom stereocenters. The third kappa shape index (κ3) is 3.06. The molecule has 0 atom stereocenters. The summed E-state index contributed by atoms with van der Waals surface area (Å²) in [5, 5.41) is 3.81. The minimum atomic E-state index is 0.540. The van der Waals surface area contributed by atoms with Crippen LogP contribution in [0.5, 0.6) is 0 Å². The largest absolute Gasteiger partial charge is 0.370 e. The number of nitrogens with zero attached hydrogens (tertiary/aromatic N) is 2. The van der Waals surface area contributed by atoms with Crippen molar-refractivity contribution in [3.8, 4) is 0 Å². The molecule has 0 spiro atoms. The average molecular weight is 226 g/mol. The molecule has 0 saturated heterocycles. The van der Waals surface area contributed by atoms with Crippen LogP contribution < -0.4 is 5.32 Å². The molecule has 4 heteroatoms. The van der Waals surface area contributed by atoms with Crippen molar-refractivity contribution in [1.82, 2.24) is 9.97 Å². The van der Waals surface area contributed by atoms with Gasteiger partial charge in [0.2, 0.25) is 0 Å². The van der Waals surface area contributed by atoms with Crippen LogP contribution in [0.3, 0.4) is 0 Å². The maximum Gasteiger partial charge on any atom is 0.135 e. The summed E-state index contributed by atoms with van der Waals surface area (Å²) in [6, 6.07) is 1.79. The minimum absolute atomic E-state index is 0.540. The van der Waals surface area contributed by atoms with Crippen molar-refractivity contribution in [2.24, 2.45) is 5.92 Å². The van der Waals surface area contributed by atoms with Gasteiger partial charge in [-0.2, -0.15) is 0 Å². The maximum absolute atomic E-state index is 5.95. The minimum Gasteiger partial charge on any atom is -0.370 e. The molecule has 0 aromatic carbocycles. The van der Waals surface area contributed by atoms with Gasteiger partial charge in [0, 0.05) is 18.5 Å². The normalized spacial score (nSPS) is 15.7. The molecular formula is C11H16ClN3. The van der Waals surface area contributed by atoms with Gasteiger partial charge in [0.15, 0.2) is 0 Å². The first-order valence-corrected chi connectivity index (χ1v) is 5.81. The second kappa shape index (κ2) is 4.35. The van der Waals surface area contributed by atoms with E-state index in [0.717, 1.165) is 18.2 Å². The standard InChI is InChI=1S/C11H16ClN3/c1-7(2)6-13-10-5-9(12)14-11(15-10)8-3-4-8/h5,7-8H,3-4,6H2,1-2H3,(H,13,14,15). The van der Waals surface area contributed by atoms with Crippen LogP contribution in [0.15, 0.2) is 6.07 Å². The highest BCUT2D eigenvalue weighted by Crippen LogP contribution is 2.38. The van der Waals surface area contributed by atoms with Gasteiger partial charge in [-0.1, -0.05) is 25.4 Å². The van der Waals surface area contributed by atoms with Gasteiger partial charge in [0.05, 0.1) is 0 Å². The van der Waals surface area contributed by atoms with Crippen LogP contribution in [-0.4, -0.2) is 16.5 Å². The second-order valence-electron chi connectivity index (χ2n) is 4.48. The summed E-state index contributed by atoms with van der Waals surface area (Å²) in [7, 11) is 0. The fourth-order valence-corrected chi connectivity index (χ4v) is 1.55. The number of hydrogen-bond acceptors (Lipinski definition) is 3.